The highest BCUT2D eigenvalue weighted by Gasteiger charge is 2.42. The molecule has 22 heteroatoms. The summed E-state index contributed by atoms with van der Waals surface area (Å²) < 4.78 is 58.9. The molecule has 1 aromatic heterocycles. The lowest BCUT2D eigenvalue weighted by molar-refractivity contribution is -0.167. The molecule has 69 heavy (non-hydrogen) atoms. The molecule has 0 saturated carbocycles. The van der Waals surface area contributed by atoms with Gasteiger partial charge in [-0.25, -0.2) is 13.9 Å². The van der Waals surface area contributed by atoms with Gasteiger partial charge in [0.2, 0.25) is 0 Å². The van der Waals surface area contributed by atoms with Crippen LogP contribution in [0.25, 0.3) is 0 Å². The number of fused-ring (bicyclic) bond motifs is 3. The first kappa shape index (κ1) is 59.9. The maximum atomic E-state index is 13.8. The highest BCUT2D eigenvalue weighted by molar-refractivity contribution is 7.61. The van der Waals surface area contributed by atoms with Crippen molar-refractivity contribution in [3.8, 4) is 0 Å². The second kappa shape index (κ2) is 31.8. The number of hydrogen-bond donors (Lipinski definition) is 6. The number of ketones is 1. The first-order valence-corrected chi connectivity index (χ1v) is 27.4. The monoisotopic (exact) mass is 1020 g/mol. The molecule has 2 unspecified atom stereocenters. The summed E-state index contributed by atoms with van der Waals surface area (Å²) in [6, 6.07) is 1.28. The second-order valence-corrected chi connectivity index (χ2v) is 21.2. The highest BCUT2D eigenvalue weighted by atomic mass is 31.3. The van der Waals surface area contributed by atoms with E-state index in [0.29, 0.717) is 25.7 Å². The van der Waals surface area contributed by atoms with Crippen LogP contribution in [-0.4, -0.2) is 103 Å². The predicted octanol–water partition coefficient (Wildman–Crippen LogP) is 7.08. The van der Waals surface area contributed by atoms with Gasteiger partial charge in [0.05, 0.1) is 31.3 Å². The van der Waals surface area contributed by atoms with Gasteiger partial charge < -0.3 is 45.1 Å². The van der Waals surface area contributed by atoms with Crippen LogP contribution in [0, 0.1) is 17.8 Å². The van der Waals surface area contributed by atoms with Gasteiger partial charge >= 0.3 is 33.3 Å². The molecule has 0 fully saturated rings. The number of esters is 2. The van der Waals surface area contributed by atoms with Crippen molar-refractivity contribution < 1.29 is 76.2 Å². The van der Waals surface area contributed by atoms with E-state index in [2.05, 4.69) is 23.1 Å². The number of aromatic nitrogens is 2. The lowest BCUT2D eigenvalue weighted by Gasteiger charge is -2.36. The third kappa shape index (κ3) is 24.1. The van der Waals surface area contributed by atoms with Crippen LogP contribution in [0.1, 0.15) is 149 Å². The van der Waals surface area contributed by atoms with Gasteiger partial charge in [-0.05, 0) is 50.2 Å². The molecule has 0 spiro atoms. The Morgan fingerprint density at radius 1 is 0.928 bits per heavy atom. The standard InChI is InChI=1S/C47H77N3O17P2/c1-4-5-15-22-36(51)26-27-38-39(52)28-25-35-21-17-13-14-19-24-43(54)65-37(31-62-42(53)23-18-12-10-8-6-7-9-11-16-20-34(2)3)32-63-68(58,59)67-69(60,61)64-33-40(45(56)44(38)55)66-46(35)50-30-29-41(48)49-47(50)57/h13,17,25-30,34-38,40,44-46,51,55-56H,4-12,14-16,18-24,31-33H2,1-3H3,(H,58,59)(H,60,61)(H2,48,49,57)/t35-,36-,37+,38-,40+,44-,45+,46+/m0/s1. The fourth-order valence-electron chi connectivity index (χ4n) is 7.70. The first-order valence-electron chi connectivity index (χ1n) is 24.4. The smallest absolute Gasteiger partial charge is 0.462 e. The summed E-state index contributed by atoms with van der Waals surface area (Å²) in [5, 5.41) is 33.8. The van der Waals surface area contributed by atoms with Crippen molar-refractivity contribution in [1.29, 1.82) is 0 Å². The van der Waals surface area contributed by atoms with Gasteiger partial charge in [-0.3, -0.25) is 28.0 Å². The van der Waals surface area contributed by atoms with Gasteiger partial charge in [-0.2, -0.15) is 9.29 Å². The molecule has 0 amide bonds. The molecule has 10 atom stereocenters. The molecule has 0 aromatic carbocycles. The Hall–Kier alpha value is -3.39. The fraction of sp³-hybridized carbons (Fsp3) is 0.723. The molecular weight excluding hydrogens is 940 g/mol. The van der Waals surface area contributed by atoms with Gasteiger partial charge in [-0.1, -0.05) is 128 Å². The first-order chi connectivity index (χ1) is 32.8. The van der Waals surface area contributed by atoms with Crippen molar-refractivity contribution in [1.82, 2.24) is 9.55 Å². The number of carbonyl (C=O) groups is 3. The Balaban J connectivity index is 1.83. The number of nitrogens with zero attached hydrogens (tertiary/aromatic N) is 2. The molecule has 0 saturated heterocycles. The molecule has 3 heterocycles. The van der Waals surface area contributed by atoms with Gasteiger partial charge in [0, 0.05) is 25.0 Å². The molecule has 2 aliphatic heterocycles. The number of aliphatic hydroxyl groups is 3. The number of ether oxygens (including phenoxy) is 3. The quantitative estimate of drug-likeness (QED) is 0.0310. The van der Waals surface area contributed by atoms with Crippen molar-refractivity contribution in [2.75, 3.05) is 25.6 Å². The zero-order valence-electron chi connectivity index (χ0n) is 40.4. The fourth-order valence-corrected chi connectivity index (χ4v) is 9.81. The average Bonchev–Trinajstić information content (AvgIpc) is 3.28. The Bertz CT molecular complexity index is 1960. The number of phosphoric acid groups is 2. The number of carbonyl (C=O) groups excluding carboxylic acids is 3. The lowest BCUT2D eigenvalue weighted by atomic mass is 9.88. The molecule has 3 rings (SSSR count). The van der Waals surface area contributed by atoms with E-state index >= 15 is 0 Å². The Morgan fingerprint density at radius 3 is 2.25 bits per heavy atom. The number of phosphoric ester groups is 2. The Labute approximate surface area is 405 Å². The number of aliphatic hydroxyl groups excluding tert-OH is 3. The van der Waals surface area contributed by atoms with Gasteiger partial charge in [0.1, 0.15) is 30.9 Å². The largest absolute Gasteiger partial charge is 0.481 e. The van der Waals surface area contributed by atoms with Crippen molar-refractivity contribution in [3.63, 3.8) is 0 Å². The Kier molecular flexibility index (Phi) is 27.7. The van der Waals surface area contributed by atoms with Crippen LogP contribution in [0.3, 0.4) is 0 Å². The van der Waals surface area contributed by atoms with Crippen LogP contribution >= 0.6 is 15.6 Å². The maximum absolute atomic E-state index is 13.8. The summed E-state index contributed by atoms with van der Waals surface area (Å²) in [5.74, 6) is -3.93. The molecule has 2 aliphatic rings. The minimum absolute atomic E-state index is 0.0529. The normalized spacial score (nSPS) is 28.7. The van der Waals surface area contributed by atoms with Crippen LogP contribution in [-0.2, 0) is 51.1 Å². The molecule has 0 aliphatic carbocycles. The number of rotatable bonds is 21. The number of allylic oxidation sites excluding steroid dienone is 3. The molecule has 2 bridgehead atoms. The zero-order chi connectivity index (χ0) is 50.8. The van der Waals surface area contributed by atoms with E-state index in [0.717, 1.165) is 55.1 Å². The van der Waals surface area contributed by atoms with Crippen LogP contribution in [0.15, 0.2) is 53.5 Å². The van der Waals surface area contributed by atoms with E-state index in [4.69, 9.17) is 29.0 Å². The van der Waals surface area contributed by atoms with Crippen molar-refractivity contribution in [2.24, 2.45) is 17.8 Å². The number of anilines is 1. The summed E-state index contributed by atoms with van der Waals surface area (Å²) >= 11 is 0. The van der Waals surface area contributed by atoms with E-state index in [1.807, 2.05) is 6.92 Å². The third-order valence-corrected chi connectivity index (χ3v) is 14.2. The zero-order valence-corrected chi connectivity index (χ0v) is 42.2. The average molecular weight is 1020 g/mol. The summed E-state index contributed by atoms with van der Waals surface area (Å²) in [7, 11) is -11.2. The van der Waals surface area contributed by atoms with Gasteiger partial charge in [0.15, 0.2) is 11.9 Å². The minimum Gasteiger partial charge on any atom is -0.462 e. The van der Waals surface area contributed by atoms with Crippen LogP contribution in [0.4, 0.5) is 5.82 Å². The number of nitrogens with two attached hydrogens (primary N) is 1. The third-order valence-electron chi connectivity index (χ3n) is 11.6. The highest BCUT2D eigenvalue weighted by Crippen LogP contribution is 2.60. The van der Waals surface area contributed by atoms with Crippen molar-refractivity contribution in [3.05, 3.63) is 59.2 Å². The van der Waals surface area contributed by atoms with Crippen molar-refractivity contribution >= 4 is 39.2 Å². The summed E-state index contributed by atoms with van der Waals surface area (Å²) in [6.07, 6.45) is 13.9. The van der Waals surface area contributed by atoms with Crippen LogP contribution in [0.2, 0.25) is 0 Å². The topological polar surface area (TPSA) is 303 Å². The lowest BCUT2D eigenvalue weighted by Crippen LogP contribution is -2.49. The molecule has 7 N–H and O–H groups in total. The van der Waals surface area contributed by atoms with E-state index in [1.165, 1.54) is 62.6 Å². The summed E-state index contributed by atoms with van der Waals surface area (Å²) in [6.45, 7) is 3.81. The van der Waals surface area contributed by atoms with Crippen LogP contribution in [0.5, 0.6) is 0 Å². The molecule has 0 radical (unpaired) electrons. The summed E-state index contributed by atoms with van der Waals surface area (Å²) in [5.41, 5.74) is 4.83. The van der Waals surface area contributed by atoms with Gasteiger partial charge in [0.25, 0.3) is 0 Å². The van der Waals surface area contributed by atoms with Crippen LogP contribution < -0.4 is 11.4 Å². The number of unbranched alkanes of at least 4 members (excludes halogenated alkanes) is 10. The number of nitrogen functional groups attached to an aromatic ring is 1. The van der Waals surface area contributed by atoms with E-state index in [9.17, 15) is 53.4 Å². The maximum Gasteiger partial charge on any atom is 0.481 e. The summed E-state index contributed by atoms with van der Waals surface area (Å²) in [4.78, 5) is 77.6. The molecular formula is C47H77N3O17P2. The van der Waals surface area contributed by atoms with E-state index in [-0.39, 0.29) is 31.5 Å². The number of cyclic esters (lactones) is 1. The second-order valence-electron chi connectivity index (χ2n) is 18.1. The number of hydrogen-bond acceptors (Lipinski definition) is 17. The Morgan fingerprint density at radius 2 is 1.58 bits per heavy atom. The SMILES string of the molecule is CCCCC[C@H](O)C=C[C@H]1C(=O)C=C[C@@H]2CC=CCCCC(=O)O[C@H](COC(=O)CCCCCCCCCCCC(C)C)COP(=O)(O)OP(=O)(O)OC[C@@H](O[C@H]2n2ccc(N)nc2=O)[C@@H](O)[C@H]1O. The molecule has 20 nitrogen and oxygen atoms in total. The van der Waals surface area contributed by atoms with E-state index < -0.39 is 107 Å². The molecule has 1 aromatic rings. The van der Waals surface area contributed by atoms with E-state index in [1.54, 1.807) is 12.2 Å². The predicted molar refractivity (Wildman–Crippen MR) is 256 cm³/mol. The minimum atomic E-state index is -5.67. The molecule has 392 valence electrons. The van der Waals surface area contributed by atoms with Gasteiger partial charge in [-0.15, -0.1) is 0 Å². The van der Waals surface area contributed by atoms with Crippen molar-refractivity contribution in [2.45, 2.75) is 180 Å².